The molecule has 1 aliphatic rings. The van der Waals surface area contributed by atoms with E-state index in [2.05, 4.69) is 37.3 Å². The molecule has 0 aromatic heterocycles. The molecule has 3 rings (SSSR count). The van der Waals surface area contributed by atoms with E-state index < -0.39 is 0 Å². The van der Waals surface area contributed by atoms with Crippen LogP contribution in [0.5, 0.6) is 0 Å². The number of nitrogens with one attached hydrogen (secondary N) is 3. The van der Waals surface area contributed by atoms with Crippen LogP contribution in [-0.4, -0.2) is 18.2 Å². The Morgan fingerprint density at radius 3 is 2.88 bits per heavy atom. The van der Waals surface area contributed by atoms with Crippen LogP contribution in [0, 0.1) is 0 Å². The van der Waals surface area contributed by atoms with Crippen LogP contribution < -0.4 is 16.3 Å². The topological polar surface area (TPSA) is 65.5 Å². The molecule has 24 heavy (non-hydrogen) atoms. The van der Waals surface area contributed by atoms with Crippen molar-refractivity contribution in [2.45, 2.75) is 18.5 Å². The third kappa shape index (κ3) is 4.21. The summed E-state index contributed by atoms with van der Waals surface area (Å²) < 4.78 is 0.960. The van der Waals surface area contributed by atoms with Crippen LogP contribution >= 0.6 is 27.5 Å². The number of carbonyl (C=O) groups excluding carboxylic acids is 1. The maximum absolute atomic E-state index is 12.2. The smallest absolute Gasteiger partial charge is 0.258 e. The highest BCUT2D eigenvalue weighted by molar-refractivity contribution is 9.10. The number of hydrogen-bond acceptors (Lipinski definition) is 4. The zero-order chi connectivity index (χ0) is 16.9. The Hall–Kier alpha value is -1.73. The minimum atomic E-state index is -0.370. The molecule has 1 aliphatic heterocycles. The van der Waals surface area contributed by atoms with E-state index >= 15 is 0 Å². The number of halogens is 2. The van der Waals surface area contributed by atoms with Gasteiger partial charge >= 0.3 is 0 Å². The van der Waals surface area contributed by atoms with E-state index in [0.29, 0.717) is 11.4 Å². The van der Waals surface area contributed by atoms with Crippen LogP contribution in [0.4, 0.5) is 0 Å². The molecule has 0 spiro atoms. The highest BCUT2D eigenvalue weighted by atomic mass is 79.9. The Balaban J connectivity index is 1.56. The van der Waals surface area contributed by atoms with Crippen molar-refractivity contribution in [1.29, 1.82) is 0 Å². The number of rotatable bonds is 4. The molecule has 2 aromatic carbocycles. The molecule has 0 radical (unpaired) electrons. The van der Waals surface area contributed by atoms with E-state index in [1.807, 2.05) is 48.5 Å². The van der Waals surface area contributed by atoms with Crippen molar-refractivity contribution in [2.75, 3.05) is 0 Å². The molecular weight excluding hydrogens is 392 g/mol. The second-order valence-electron chi connectivity index (χ2n) is 5.44. The van der Waals surface area contributed by atoms with Crippen molar-refractivity contribution >= 4 is 39.7 Å². The molecule has 0 saturated carbocycles. The Bertz CT molecular complexity index is 768. The maximum Gasteiger partial charge on any atom is 0.258 e. The predicted molar refractivity (Wildman–Crippen MR) is 98.7 cm³/mol. The molecule has 1 heterocycles. The van der Waals surface area contributed by atoms with Crippen LogP contribution in [0.25, 0.3) is 0 Å². The Morgan fingerprint density at radius 1 is 1.25 bits per heavy atom. The number of hydrazine groups is 1. The highest BCUT2D eigenvalue weighted by Crippen LogP contribution is 2.28. The summed E-state index contributed by atoms with van der Waals surface area (Å²) in [7, 11) is 0. The second-order valence-corrected chi connectivity index (χ2v) is 6.76. The minimum absolute atomic E-state index is 0.0106. The minimum Gasteiger partial charge on any atom is -0.271 e. The molecule has 1 saturated heterocycles. The van der Waals surface area contributed by atoms with Gasteiger partial charge in [0.05, 0.1) is 6.21 Å². The van der Waals surface area contributed by atoms with Crippen LogP contribution in [0.2, 0.25) is 5.02 Å². The van der Waals surface area contributed by atoms with Gasteiger partial charge in [-0.2, -0.15) is 5.10 Å². The zero-order valence-electron chi connectivity index (χ0n) is 12.7. The van der Waals surface area contributed by atoms with Crippen LogP contribution in [0.1, 0.15) is 23.6 Å². The molecule has 3 N–H and O–H groups in total. The number of benzene rings is 2. The fourth-order valence-corrected chi connectivity index (χ4v) is 3.21. The first-order valence-electron chi connectivity index (χ1n) is 7.47. The van der Waals surface area contributed by atoms with Gasteiger partial charge in [0.2, 0.25) is 0 Å². The first kappa shape index (κ1) is 17.1. The van der Waals surface area contributed by atoms with Gasteiger partial charge in [-0.3, -0.25) is 4.79 Å². The summed E-state index contributed by atoms with van der Waals surface area (Å²) in [5.74, 6) is -0.191. The van der Waals surface area contributed by atoms with E-state index in [-0.39, 0.29) is 18.0 Å². The fourth-order valence-electron chi connectivity index (χ4n) is 2.52. The maximum atomic E-state index is 12.2. The van der Waals surface area contributed by atoms with Gasteiger partial charge in [-0.15, -0.1) is 0 Å². The number of hydrazone groups is 1. The van der Waals surface area contributed by atoms with Gasteiger partial charge < -0.3 is 0 Å². The molecule has 1 fully saturated rings. The molecule has 2 atom stereocenters. The van der Waals surface area contributed by atoms with Crippen molar-refractivity contribution in [2.24, 2.45) is 5.10 Å². The van der Waals surface area contributed by atoms with E-state index in [1.54, 1.807) is 6.21 Å². The third-order valence-electron chi connectivity index (χ3n) is 3.74. The lowest BCUT2D eigenvalue weighted by Gasteiger charge is -2.11. The quantitative estimate of drug-likeness (QED) is 0.539. The molecule has 2 unspecified atom stereocenters. The van der Waals surface area contributed by atoms with Gasteiger partial charge in [0, 0.05) is 15.5 Å². The normalized spacial score (nSPS) is 20.4. The van der Waals surface area contributed by atoms with Crippen molar-refractivity contribution in [3.8, 4) is 0 Å². The van der Waals surface area contributed by atoms with Gasteiger partial charge in [-0.05, 0) is 35.7 Å². The molecular formula is C17H16BrClN4O. The van der Waals surface area contributed by atoms with Gasteiger partial charge in [-0.25, -0.2) is 16.3 Å². The van der Waals surface area contributed by atoms with Crippen molar-refractivity contribution in [1.82, 2.24) is 16.3 Å². The summed E-state index contributed by atoms with van der Waals surface area (Å²) in [5.41, 5.74) is 10.5. The highest BCUT2D eigenvalue weighted by Gasteiger charge is 2.30. The van der Waals surface area contributed by atoms with Crippen LogP contribution in [0.3, 0.4) is 0 Å². The molecule has 1 amide bonds. The average Bonchev–Trinajstić information content (AvgIpc) is 3.05. The summed E-state index contributed by atoms with van der Waals surface area (Å²) in [6.07, 6.45) is 2.21. The average molecular weight is 408 g/mol. The summed E-state index contributed by atoms with van der Waals surface area (Å²) >= 11 is 9.59. The van der Waals surface area contributed by atoms with Crippen molar-refractivity contribution in [3.05, 3.63) is 69.2 Å². The van der Waals surface area contributed by atoms with Gasteiger partial charge in [0.25, 0.3) is 5.91 Å². The van der Waals surface area contributed by atoms with E-state index in [4.69, 9.17) is 11.6 Å². The Morgan fingerprint density at radius 2 is 2.08 bits per heavy atom. The first-order valence-corrected chi connectivity index (χ1v) is 8.64. The molecule has 0 bridgehead atoms. The molecule has 5 nitrogen and oxygen atoms in total. The Kier molecular flexibility index (Phi) is 5.63. The summed E-state index contributed by atoms with van der Waals surface area (Å²) in [6.45, 7) is 0. The molecule has 7 heteroatoms. The SMILES string of the molecule is O=C(N/N=C/c1cccc(Br)c1)C1CC(c2ccccc2Cl)NN1. The van der Waals surface area contributed by atoms with Crippen molar-refractivity contribution < 1.29 is 4.79 Å². The number of nitrogens with zero attached hydrogens (tertiary/aromatic N) is 1. The Labute approximate surface area is 153 Å². The van der Waals surface area contributed by atoms with Gasteiger partial charge in [-0.1, -0.05) is 57.9 Å². The lowest BCUT2D eigenvalue weighted by Crippen LogP contribution is -2.41. The standard InChI is InChI=1S/C17H16BrClN4O/c18-12-5-3-4-11(8-12)10-20-23-17(24)16-9-15(21-22-16)13-6-1-2-7-14(13)19/h1-8,10,15-16,21-22H,9H2,(H,23,24)/b20-10+. The lowest BCUT2D eigenvalue weighted by molar-refractivity contribution is -0.122. The largest absolute Gasteiger partial charge is 0.271 e. The summed E-state index contributed by atoms with van der Waals surface area (Å²) in [6, 6.07) is 14.9. The van der Waals surface area contributed by atoms with E-state index in [0.717, 1.165) is 15.6 Å². The zero-order valence-corrected chi connectivity index (χ0v) is 15.0. The lowest BCUT2D eigenvalue weighted by atomic mass is 10.0. The fraction of sp³-hybridized carbons (Fsp3) is 0.176. The monoisotopic (exact) mass is 406 g/mol. The number of hydrogen-bond donors (Lipinski definition) is 3. The molecule has 2 aromatic rings. The summed E-state index contributed by atoms with van der Waals surface area (Å²) in [4.78, 5) is 12.2. The molecule has 0 aliphatic carbocycles. The first-order chi connectivity index (χ1) is 11.6. The number of carbonyl (C=O) groups is 1. The van der Waals surface area contributed by atoms with Gasteiger partial charge in [0.15, 0.2) is 0 Å². The van der Waals surface area contributed by atoms with Crippen LogP contribution in [-0.2, 0) is 4.79 Å². The number of amides is 1. The predicted octanol–water partition coefficient (Wildman–Crippen LogP) is 3.16. The second kappa shape index (κ2) is 7.90. The molecule has 124 valence electrons. The summed E-state index contributed by atoms with van der Waals surface area (Å²) in [5, 5.41) is 4.69. The van der Waals surface area contributed by atoms with Crippen LogP contribution in [0.15, 0.2) is 58.1 Å². The van der Waals surface area contributed by atoms with E-state index in [1.165, 1.54) is 0 Å². The third-order valence-corrected chi connectivity index (χ3v) is 4.57. The van der Waals surface area contributed by atoms with E-state index in [9.17, 15) is 4.79 Å². The van der Waals surface area contributed by atoms with Gasteiger partial charge in [0.1, 0.15) is 6.04 Å². The van der Waals surface area contributed by atoms with Crippen molar-refractivity contribution in [3.63, 3.8) is 0 Å².